The first-order valence-electron chi connectivity index (χ1n) is 9.99. The van der Waals surface area contributed by atoms with Crippen molar-refractivity contribution in [1.82, 2.24) is 19.7 Å². The number of benzene rings is 2. The van der Waals surface area contributed by atoms with Crippen molar-refractivity contribution >= 4 is 40.9 Å². The van der Waals surface area contributed by atoms with Crippen LogP contribution in [0.25, 0.3) is 17.3 Å². The molecule has 2 amide bonds. The number of carbonyl (C=O) groups is 2. The van der Waals surface area contributed by atoms with Crippen LogP contribution >= 0.6 is 23.4 Å². The number of anilines is 1. The predicted molar refractivity (Wildman–Crippen MR) is 128 cm³/mol. The van der Waals surface area contributed by atoms with Crippen LogP contribution in [0.2, 0.25) is 5.02 Å². The number of para-hydroxylation sites is 2. The Morgan fingerprint density at radius 2 is 1.82 bits per heavy atom. The topological polar surface area (TPSA) is 93.3 Å². The van der Waals surface area contributed by atoms with Gasteiger partial charge >= 0.3 is 0 Å². The average molecular weight is 482 g/mol. The van der Waals surface area contributed by atoms with E-state index in [4.69, 9.17) is 16.0 Å². The zero-order valence-electron chi connectivity index (χ0n) is 17.6. The van der Waals surface area contributed by atoms with Crippen LogP contribution in [0.5, 0.6) is 0 Å². The van der Waals surface area contributed by atoms with E-state index in [1.807, 2.05) is 34.9 Å². The summed E-state index contributed by atoms with van der Waals surface area (Å²) in [5, 5.41) is 12.2. The lowest BCUT2D eigenvalue weighted by Crippen LogP contribution is -2.36. The van der Waals surface area contributed by atoms with Gasteiger partial charge in [-0.2, -0.15) is 0 Å². The molecule has 0 radical (unpaired) electrons. The first-order valence-corrected chi connectivity index (χ1v) is 11.3. The molecular weight excluding hydrogens is 462 g/mol. The lowest BCUT2D eigenvalue weighted by molar-refractivity contribution is -0.131. The number of nitrogens with one attached hydrogen (secondary N) is 1. The van der Waals surface area contributed by atoms with E-state index in [2.05, 4.69) is 15.5 Å². The number of rotatable bonds is 8. The van der Waals surface area contributed by atoms with Crippen molar-refractivity contribution in [2.24, 2.45) is 0 Å². The molecule has 0 spiro atoms. The van der Waals surface area contributed by atoms with Gasteiger partial charge in [0.15, 0.2) is 10.9 Å². The number of carbonyl (C=O) groups excluding carboxylic acids is 2. The molecule has 2 aromatic heterocycles. The number of hydrogen-bond donors (Lipinski definition) is 1. The molecule has 0 saturated carbocycles. The maximum Gasteiger partial charge on any atom is 0.244 e. The summed E-state index contributed by atoms with van der Waals surface area (Å²) >= 11 is 7.30. The third-order valence-corrected chi connectivity index (χ3v) is 5.91. The second-order valence-electron chi connectivity index (χ2n) is 7.02. The van der Waals surface area contributed by atoms with E-state index in [1.165, 1.54) is 16.7 Å². The Morgan fingerprint density at radius 3 is 2.55 bits per heavy atom. The smallest absolute Gasteiger partial charge is 0.244 e. The molecule has 0 aliphatic carbocycles. The van der Waals surface area contributed by atoms with E-state index < -0.39 is 0 Å². The molecule has 0 unspecified atom stereocenters. The standard InChI is InChI=1S/C23H20ClN5O3S/c1-28(14-20(30)25-18-11-6-5-10-17(18)24)21(31)15-33-23-27-26-22(19-12-7-13-32-19)29(23)16-8-3-2-4-9-16/h2-13H,14-15H2,1H3,(H,25,30). The van der Waals surface area contributed by atoms with Crippen molar-refractivity contribution in [3.05, 3.63) is 78.0 Å². The summed E-state index contributed by atoms with van der Waals surface area (Å²) < 4.78 is 7.33. The van der Waals surface area contributed by atoms with Crippen molar-refractivity contribution in [2.75, 3.05) is 24.7 Å². The van der Waals surface area contributed by atoms with Crippen LogP contribution in [-0.2, 0) is 9.59 Å². The van der Waals surface area contributed by atoms with Gasteiger partial charge < -0.3 is 14.6 Å². The summed E-state index contributed by atoms with van der Waals surface area (Å²) in [6, 6.07) is 20.1. The third-order valence-electron chi connectivity index (χ3n) is 4.67. The minimum Gasteiger partial charge on any atom is -0.461 e. The van der Waals surface area contributed by atoms with Crippen molar-refractivity contribution in [1.29, 1.82) is 0 Å². The van der Waals surface area contributed by atoms with Gasteiger partial charge in [-0.3, -0.25) is 14.2 Å². The number of halogens is 1. The van der Waals surface area contributed by atoms with Gasteiger partial charge in [0.25, 0.3) is 0 Å². The number of aromatic nitrogens is 3. The number of amides is 2. The van der Waals surface area contributed by atoms with Crippen molar-refractivity contribution in [3.63, 3.8) is 0 Å². The average Bonchev–Trinajstić information content (AvgIpc) is 3.49. The van der Waals surface area contributed by atoms with E-state index in [0.717, 1.165) is 5.69 Å². The monoisotopic (exact) mass is 481 g/mol. The van der Waals surface area contributed by atoms with E-state index in [0.29, 0.717) is 27.5 Å². The fraction of sp³-hybridized carbons (Fsp3) is 0.130. The Bertz CT molecular complexity index is 1240. The van der Waals surface area contributed by atoms with Crippen molar-refractivity contribution in [2.45, 2.75) is 5.16 Å². The quantitative estimate of drug-likeness (QED) is 0.376. The van der Waals surface area contributed by atoms with E-state index in [-0.39, 0.29) is 24.1 Å². The molecule has 0 bridgehead atoms. The van der Waals surface area contributed by atoms with Gasteiger partial charge in [-0.15, -0.1) is 10.2 Å². The predicted octanol–water partition coefficient (Wildman–Crippen LogP) is 4.37. The SMILES string of the molecule is CN(CC(=O)Nc1ccccc1Cl)C(=O)CSc1nnc(-c2ccco2)n1-c1ccccc1. The van der Waals surface area contributed by atoms with E-state index in [9.17, 15) is 9.59 Å². The Balaban J connectivity index is 1.43. The number of nitrogens with zero attached hydrogens (tertiary/aromatic N) is 4. The van der Waals surface area contributed by atoms with Gasteiger partial charge in [-0.25, -0.2) is 0 Å². The van der Waals surface area contributed by atoms with Crippen molar-refractivity contribution < 1.29 is 14.0 Å². The maximum atomic E-state index is 12.7. The second-order valence-corrected chi connectivity index (χ2v) is 8.37. The molecule has 0 atom stereocenters. The van der Waals surface area contributed by atoms with Crippen LogP contribution < -0.4 is 5.32 Å². The summed E-state index contributed by atoms with van der Waals surface area (Å²) in [6.45, 7) is -0.104. The maximum absolute atomic E-state index is 12.7. The molecular formula is C23H20ClN5O3S. The molecule has 0 fully saturated rings. The number of thioether (sulfide) groups is 1. The molecule has 8 nitrogen and oxygen atoms in total. The Hall–Kier alpha value is -3.56. The minimum atomic E-state index is -0.337. The zero-order valence-corrected chi connectivity index (χ0v) is 19.2. The fourth-order valence-corrected chi connectivity index (χ4v) is 4.11. The molecule has 0 saturated heterocycles. The first-order chi connectivity index (χ1) is 16.0. The van der Waals surface area contributed by atoms with Crippen LogP contribution in [0, 0.1) is 0 Å². The molecule has 33 heavy (non-hydrogen) atoms. The summed E-state index contributed by atoms with van der Waals surface area (Å²) in [5.74, 6) is 0.624. The molecule has 1 N–H and O–H groups in total. The number of furan rings is 1. The highest BCUT2D eigenvalue weighted by atomic mass is 35.5. The summed E-state index contributed by atoms with van der Waals surface area (Å²) in [5.41, 5.74) is 1.34. The molecule has 4 rings (SSSR count). The minimum absolute atomic E-state index is 0.0823. The Morgan fingerprint density at radius 1 is 1.06 bits per heavy atom. The molecule has 0 aliphatic rings. The highest BCUT2D eigenvalue weighted by Gasteiger charge is 2.20. The lowest BCUT2D eigenvalue weighted by Gasteiger charge is -2.17. The van der Waals surface area contributed by atoms with Crippen LogP contribution in [0.4, 0.5) is 5.69 Å². The van der Waals surface area contributed by atoms with Crippen molar-refractivity contribution in [3.8, 4) is 17.3 Å². The zero-order chi connectivity index (χ0) is 23.2. The molecule has 2 heterocycles. The van der Waals surface area contributed by atoms with Gasteiger partial charge in [-0.05, 0) is 36.4 Å². The van der Waals surface area contributed by atoms with Gasteiger partial charge in [-0.1, -0.05) is 53.7 Å². The van der Waals surface area contributed by atoms with E-state index >= 15 is 0 Å². The van der Waals surface area contributed by atoms with E-state index in [1.54, 1.807) is 49.7 Å². The molecule has 0 aliphatic heterocycles. The van der Waals surface area contributed by atoms with Crippen LogP contribution in [0.1, 0.15) is 0 Å². The van der Waals surface area contributed by atoms with Crippen LogP contribution in [0.15, 0.2) is 82.6 Å². The number of hydrogen-bond acceptors (Lipinski definition) is 6. The van der Waals surface area contributed by atoms with Gasteiger partial charge in [0.1, 0.15) is 0 Å². The van der Waals surface area contributed by atoms with Gasteiger partial charge in [0, 0.05) is 12.7 Å². The normalized spacial score (nSPS) is 10.7. The van der Waals surface area contributed by atoms with Crippen LogP contribution in [-0.4, -0.2) is 50.8 Å². The van der Waals surface area contributed by atoms with Gasteiger partial charge in [0.2, 0.25) is 17.6 Å². The number of likely N-dealkylation sites (N-methyl/N-ethyl adjacent to an activating group) is 1. The highest BCUT2D eigenvalue weighted by molar-refractivity contribution is 7.99. The summed E-state index contributed by atoms with van der Waals surface area (Å²) in [7, 11) is 1.57. The molecule has 2 aromatic carbocycles. The molecule has 4 aromatic rings. The largest absolute Gasteiger partial charge is 0.461 e. The highest BCUT2D eigenvalue weighted by Crippen LogP contribution is 2.28. The molecule has 10 heteroatoms. The Kier molecular flexibility index (Phi) is 7.11. The second kappa shape index (κ2) is 10.4. The Labute approximate surface area is 199 Å². The summed E-state index contributed by atoms with van der Waals surface area (Å²) in [4.78, 5) is 26.4. The third kappa shape index (κ3) is 5.44. The van der Waals surface area contributed by atoms with Crippen LogP contribution in [0.3, 0.4) is 0 Å². The lowest BCUT2D eigenvalue weighted by atomic mass is 10.3. The first kappa shape index (κ1) is 22.6. The molecule has 168 valence electrons. The van der Waals surface area contributed by atoms with Gasteiger partial charge in [0.05, 0.1) is 29.3 Å². The summed E-state index contributed by atoms with van der Waals surface area (Å²) in [6.07, 6.45) is 1.57. The fourth-order valence-electron chi connectivity index (χ4n) is 3.03.